The van der Waals surface area contributed by atoms with Crippen LogP contribution in [0.1, 0.15) is 26.2 Å². The van der Waals surface area contributed by atoms with Gasteiger partial charge in [-0.25, -0.2) is 0 Å². The Morgan fingerprint density at radius 1 is 1.50 bits per heavy atom. The monoisotopic (exact) mass is 215 g/mol. The van der Waals surface area contributed by atoms with E-state index in [4.69, 9.17) is 0 Å². The second kappa shape index (κ2) is 3.74. The Balaban J connectivity index is 2.13. The van der Waals surface area contributed by atoms with Gasteiger partial charge in [-0.3, -0.25) is 9.69 Å². The van der Waals surface area contributed by atoms with Crippen LogP contribution in [0.2, 0.25) is 0 Å². The van der Waals surface area contributed by atoms with Crippen molar-refractivity contribution in [1.29, 1.82) is 0 Å². The van der Waals surface area contributed by atoms with Gasteiger partial charge in [0.25, 0.3) is 0 Å². The molecule has 14 heavy (non-hydrogen) atoms. The predicted molar refractivity (Wildman–Crippen MR) is 57.7 cm³/mol. The lowest BCUT2D eigenvalue weighted by atomic mass is 9.87. The quantitative estimate of drug-likeness (QED) is 0.756. The van der Waals surface area contributed by atoms with Crippen LogP contribution < -0.4 is 0 Å². The van der Waals surface area contributed by atoms with Crippen LogP contribution >= 0.6 is 11.8 Å². The molecule has 0 radical (unpaired) electrons. The zero-order valence-electron chi connectivity index (χ0n) is 8.53. The standard InChI is InChI=1S/C10H17NO2S/c1-10(9(12)13)4-2-3-5-11(10)8-6-14-7-8/h8H,2-7H2,1H3,(H,12,13). The molecule has 1 atom stereocenters. The van der Waals surface area contributed by atoms with Gasteiger partial charge in [0.15, 0.2) is 0 Å². The summed E-state index contributed by atoms with van der Waals surface area (Å²) in [5, 5.41) is 9.29. The van der Waals surface area contributed by atoms with Gasteiger partial charge in [0.1, 0.15) is 5.54 Å². The van der Waals surface area contributed by atoms with Crippen molar-refractivity contribution in [2.24, 2.45) is 0 Å². The molecule has 2 rings (SSSR count). The molecule has 0 aromatic carbocycles. The molecule has 2 saturated heterocycles. The minimum absolute atomic E-state index is 0.515. The van der Waals surface area contributed by atoms with E-state index in [1.165, 1.54) is 0 Å². The SMILES string of the molecule is CC1(C(=O)O)CCCCN1C1CSC1. The minimum atomic E-state index is -0.644. The molecule has 3 nitrogen and oxygen atoms in total. The molecule has 0 aromatic heterocycles. The van der Waals surface area contributed by atoms with Crippen LogP contribution in [-0.2, 0) is 4.79 Å². The van der Waals surface area contributed by atoms with E-state index in [2.05, 4.69) is 4.90 Å². The summed E-state index contributed by atoms with van der Waals surface area (Å²) in [6.45, 7) is 2.85. The molecule has 0 amide bonds. The summed E-state index contributed by atoms with van der Waals surface area (Å²) < 4.78 is 0. The number of carboxylic acid groups (broad SMARTS) is 1. The zero-order valence-corrected chi connectivity index (χ0v) is 9.35. The number of nitrogens with zero attached hydrogens (tertiary/aromatic N) is 1. The molecule has 0 saturated carbocycles. The number of aliphatic carboxylic acids is 1. The highest BCUT2D eigenvalue weighted by atomic mass is 32.2. The Morgan fingerprint density at radius 3 is 2.71 bits per heavy atom. The van der Waals surface area contributed by atoms with Gasteiger partial charge in [-0.15, -0.1) is 0 Å². The maximum atomic E-state index is 11.3. The number of carbonyl (C=O) groups is 1. The molecule has 80 valence electrons. The van der Waals surface area contributed by atoms with Crippen LogP contribution in [0.4, 0.5) is 0 Å². The second-order valence-corrected chi connectivity index (χ2v) is 5.50. The molecule has 1 unspecified atom stereocenters. The largest absolute Gasteiger partial charge is 0.480 e. The van der Waals surface area contributed by atoms with E-state index in [1.807, 2.05) is 18.7 Å². The lowest BCUT2D eigenvalue weighted by Gasteiger charge is -2.48. The van der Waals surface area contributed by atoms with Gasteiger partial charge in [0.2, 0.25) is 0 Å². The lowest BCUT2D eigenvalue weighted by molar-refractivity contribution is -0.154. The third-order valence-corrected chi connectivity index (χ3v) is 4.71. The average molecular weight is 215 g/mol. The summed E-state index contributed by atoms with van der Waals surface area (Å²) in [4.78, 5) is 13.5. The van der Waals surface area contributed by atoms with E-state index >= 15 is 0 Å². The molecule has 1 N–H and O–H groups in total. The third-order valence-electron chi connectivity index (χ3n) is 3.47. The smallest absolute Gasteiger partial charge is 0.323 e. The highest BCUT2D eigenvalue weighted by Crippen LogP contribution is 2.35. The fourth-order valence-corrected chi connectivity index (χ4v) is 3.17. The van der Waals surface area contributed by atoms with Crippen LogP contribution in [-0.4, -0.2) is 45.6 Å². The Morgan fingerprint density at radius 2 is 2.21 bits per heavy atom. The number of rotatable bonds is 2. The van der Waals surface area contributed by atoms with Gasteiger partial charge in [0, 0.05) is 17.5 Å². The summed E-state index contributed by atoms with van der Waals surface area (Å²) >= 11 is 1.92. The van der Waals surface area contributed by atoms with Gasteiger partial charge < -0.3 is 5.11 Å². The van der Waals surface area contributed by atoms with Gasteiger partial charge in [-0.2, -0.15) is 11.8 Å². The van der Waals surface area contributed by atoms with Crippen molar-refractivity contribution in [2.75, 3.05) is 18.1 Å². The van der Waals surface area contributed by atoms with Crippen LogP contribution in [0.5, 0.6) is 0 Å². The molecule has 0 aliphatic carbocycles. The molecule has 0 bridgehead atoms. The number of thioether (sulfide) groups is 1. The van der Waals surface area contributed by atoms with E-state index in [-0.39, 0.29) is 0 Å². The van der Waals surface area contributed by atoms with E-state index in [9.17, 15) is 9.90 Å². The van der Waals surface area contributed by atoms with Crippen molar-refractivity contribution >= 4 is 17.7 Å². The maximum absolute atomic E-state index is 11.3. The topological polar surface area (TPSA) is 40.5 Å². The Labute approximate surface area is 88.9 Å². The first-order chi connectivity index (χ1) is 6.64. The average Bonchev–Trinajstić information content (AvgIpc) is 2.05. The number of carboxylic acids is 1. The molecule has 2 fully saturated rings. The zero-order chi connectivity index (χ0) is 10.2. The number of piperidine rings is 1. The highest BCUT2D eigenvalue weighted by molar-refractivity contribution is 8.00. The summed E-state index contributed by atoms with van der Waals surface area (Å²) in [7, 11) is 0. The molecule has 0 spiro atoms. The van der Waals surface area contributed by atoms with Gasteiger partial charge in [-0.05, 0) is 32.7 Å². The van der Waals surface area contributed by atoms with Crippen molar-refractivity contribution in [1.82, 2.24) is 4.90 Å². The first-order valence-electron chi connectivity index (χ1n) is 5.22. The normalized spacial score (nSPS) is 35.2. The Hall–Kier alpha value is -0.220. The lowest BCUT2D eigenvalue weighted by Crippen LogP contribution is -2.62. The summed E-state index contributed by atoms with van der Waals surface area (Å²) in [5.74, 6) is 1.58. The van der Waals surface area contributed by atoms with E-state index in [0.717, 1.165) is 37.3 Å². The molecule has 0 aromatic rings. The molecule has 2 aliphatic heterocycles. The van der Waals surface area contributed by atoms with Crippen molar-refractivity contribution in [3.8, 4) is 0 Å². The molecular formula is C10H17NO2S. The van der Waals surface area contributed by atoms with E-state index < -0.39 is 11.5 Å². The fraction of sp³-hybridized carbons (Fsp3) is 0.900. The van der Waals surface area contributed by atoms with Crippen molar-refractivity contribution in [2.45, 2.75) is 37.8 Å². The van der Waals surface area contributed by atoms with Crippen LogP contribution in [0.25, 0.3) is 0 Å². The Kier molecular flexibility index (Phi) is 2.75. The van der Waals surface area contributed by atoms with Gasteiger partial charge >= 0.3 is 5.97 Å². The maximum Gasteiger partial charge on any atom is 0.323 e. The van der Waals surface area contributed by atoms with Crippen molar-refractivity contribution in [3.05, 3.63) is 0 Å². The first-order valence-corrected chi connectivity index (χ1v) is 6.38. The molecule has 2 heterocycles. The molecule has 2 aliphatic rings. The van der Waals surface area contributed by atoms with Gasteiger partial charge in [0.05, 0.1) is 0 Å². The Bertz CT molecular complexity index is 242. The number of hydrogen-bond donors (Lipinski definition) is 1. The van der Waals surface area contributed by atoms with Crippen LogP contribution in [0, 0.1) is 0 Å². The third kappa shape index (κ3) is 1.54. The predicted octanol–water partition coefficient (Wildman–Crippen LogP) is 1.43. The van der Waals surface area contributed by atoms with E-state index in [0.29, 0.717) is 6.04 Å². The number of likely N-dealkylation sites (tertiary alicyclic amines) is 1. The van der Waals surface area contributed by atoms with Crippen LogP contribution in [0.3, 0.4) is 0 Å². The first kappa shape index (κ1) is 10.3. The summed E-state index contributed by atoms with van der Waals surface area (Å²) in [5.41, 5.74) is -0.593. The summed E-state index contributed by atoms with van der Waals surface area (Å²) in [6, 6.07) is 0.515. The summed E-state index contributed by atoms with van der Waals surface area (Å²) in [6.07, 6.45) is 3.02. The fourth-order valence-electron chi connectivity index (χ4n) is 2.36. The van der Waals surface area contributed by atoms with Crippen molar-refractivity contribution < 1.29 is 9.90 Å². The minimum Gasteiger partial charge on any atom is -0.480 e. The van der Waals surface area contributed by atoms with Crippen LogP contribution in [0.15, 0.2) is 0 Å². The van der Waals surface area contributed by atoms with E-state index in [1.54, 1.807) is 0 Å². The van der Waals surface area contributed by atoms with Gasteiger partial charge in [-0.1, -0.05) is 0 Å². The van der Waals surface area contributed by atoms with Crippen molar-refractivity contribution in [3.63, 3.8) is 0 Å². The molecular weight excluding hydrogens is 198 g/mol. The second-order valence-electron chi connectivity index (χ2n) is 4.42. The molecule has 4 heteroatoms. The number of hydrogen-bond acceptors (Lipinski definition) is 3. The highest BCUT2D eigenvalue weighted by Gasteiger charge is 2.45.